The number of carboxylic acid groups (broad SMARTS) is 1. The van der Waals surface area contributed by atoms with Crippen molar-refractivity contribution in [2.45, 2.75) is 18.9 Å². The summed E-state index contributed by atoms with van der Waals surface area (Å²) in [5.41, 5.74) is 0.576. The van der Waals surface area contributed by atoms with E-state index in [4.69, 9.17) is 5.11 Å². The zero-order valence-corrected chi connectivity index (χ0v) is 10.3. The van der Waals surface area contributed by atoms with Crippen LogP contribution >= 0.6 is 0 Å². The summed E-state index contributed by atoms with van der Waals surface area (Å²) in [5, 5.41) is 14.6. The molecule has 0 saturated heterocycles. The van der Waals surface area contributed by atoms with Gasteiger partial charge in [0.2, 0.25) is 5.91 Å². The topological polar surface area (TPSA) is 78.4 Å². The van der Waals surface area contributed by atoms with Crippen LogP contribution in [0.15, 0.2) is 30.3 Å². The number of carboxylic acids is 1. The van der Waals surface area contributed by atoms with E-state index >= 15 is 0 Å². The first kappa shape index (κ1) is 14.2. The number of amides is 1. The van der Waals surface area contributed by atoms with Gasteiger partial charge in [0, 0.05) is 6.42 Å². The van der Waals surface area contributed by atoms with Gasteiger partial charge in [0.1, 0.15) is 0 Å². The standard InChI is InChI=1S/C13H18N2O3/c1-14-9-5-8-11(16)15-12(13(17)18)10-6-3-2-4-7-10/h2-4,6-7,12,14H,5,8-9H2,1H3,(H,15,16)(H,17,18)/t12-/m0/s1. The number of hydrogen-bond acceptors (Lipinski definition) is 3. The van der Waals surface area contributed by atoms with Crippen LogP contribution in [0.4, 0.5) is 0 Å². The van der Waals surface area contributed by atoms with E-state index in [0.29, 0.717) is 18.4 Å². The molecule has 1 atom stereocenters. The minimum Gasteiger partial charge on any atom is -0.479 e. The monoisotopic (exact) mass is 250 g/mol. The van der Waals surface area contributed by atoms with Crippen molar-refractivity contribution >= 4 is 11.9 Å². The molecule has 0 radical (unpaired) electrons. The first-order valence-corrected chi connectivity index (χ1v) is 5.87. The zero-order valence-electron chi connectivity index (χ0n) is 10.3. The molecule has 1 amide bonds. The minimum absolute atomic E-state index is 0.249. The van der Waals surface area contributed by atoms with Gasteiger partial charge in [-0.15, -0.1) is 0 Å². The Hall–Kier alpha value is -1.88. The highest BCUT2D eigenvalue weighted by Gasteiger charge is 2.21. The van der Waals surface area contributed by atoms with Gasteiger partial charge in [0.15, 0.2) is 6.04 Å². The van der Waals surface area contributed by atoms with Crippen LogP contribution in [-0.2, 0) is 9.59 Å². The number of carbonyl (C=O) groups is 2. The molecule has 0 spiro atoms. The first-order chi connectivity index (χ1) is 8.65. The van der Waals surface area contributed by atoms with Gasteiger partial charge in [-0.25, -0.2) is 4.79 Å². The maximum absolute atomic E-state index is 11.6. The molecule has 5 heteroatoms. The number of hydrogen-bond donors (Lipinski definition) is 3. The number of carbonyl (C=O) groups excluding carboxylic acids is 1. The van der Waals surface area contributed by atoms with E-state index in [0.717, 1.165) is 6.54 Å². The van der Waals surface area contributed by atoms with Gasteiger partial charge in [-0.3, -0.25) is 4.79 Å². The highest BCUT2D eigenvalue weighted by Crippen LogP contribution is 2.12. The molecular weight excluding hydrogens is 232 g/mol. The van der Waals surface area contributed by atoms with Crippen molar-refractivity contribution in [1.82, 2.24) is 10.6 Å². The van der Waals surface area contributed by atoms with Gasteiger partial charge in [-0.05, 0) is 25.6 Å². The predicted molar refractivity (Wildman–Crippen MR) is 68.1 cm³/mol. The third-order valence-electron chi connectivity index (χ3n) is 2.52. The second-order valence-corrected chi connectivity index (χ2v) is 3.96. The summed E-state index contributed by atoms with van der Waals surface area (Å²) < 4.78 is 0. The smallest absolute Gasteiger partial charge is 0.330 e. The molecule has 0 saturated carbocycles. The molecule has 0 aliphatic carbocycles. The summed E-state index contributed by atoms with van der Waals surface area (Å²) in [7, 11) is 1.81. The molecule has 1 rings (SSSR count). The van der Waals surface area contributed by atoms with Gasteiger partial charge in [0.05, 0.1) is 0 Å². The molecule has 0 aliphatic rings. The Morgan fingerprint density at radius 2 is 1.94 bits per heavy atom. The van der Waals surface area contributed by atoms with Crippen LogP contribution in [0.5, 0.6) is 0 Å². The molecule has 0 bridgehead atoms. The maximum atomic E-state index is 11.6. The molecule has 98 valence electrons. The molecule has 18 heavy (non-hydrogen) atoms. The lowest BCUT2D eigenvalue weighted by molar-refractivity contribution is -0.142. The zero-order chi connectivity index (χ0) is 13.4. The molecule has 0 aromatic heterocycles. The lowest BCUT2D eigenvalue weighted by Gasteiger charge is -2.14. The van der Waals surface area contributed by atoms with E-state index in [1.807, 2.05) is 7.05 Å². The number of nitrogens with one attached hydrogen (secondary N) is 2. The second kappa shape index (κ2) is 7.45. The molecule has 0 fully saturated rings. The van der Waals surface area contributed by atoms with E-state index in [-0.39, 0.29) is 5.91 Å². The normalized spacial score (nSPS) is 11.8. The number of rotatable bonds is 7. The van der Waals surface area contributed by atoms with Crippen LogP contribution in [-0.4, -0.2) is 30.6 Å². The van der Waals surface area contributed by atoms with Crippen molar-refractivity contribution in [3.05, 3.63) is 35.9 Å². The summed E-state index contributed by atoms with van der Waals surface area (Å²) in [6.07, 6.45) is 1.00. The average Bonchev–Trinajstić information content (AvgIpc) is 2.37. The summed E-state index contributed by atoms with van der Waals surface area (Å²) >= 11 is 0. The van der Waals surface area contributed by atoms with Crippen LogP contribution in [0.1, 0.15) is 24.4 Å². The Balaban J connectivity index is 2.59. The van der Waals surface area contributed by atoms with Gasteiger partial charge >= 0.3 is 5.97 Å². The highest BCUT2D eigenvalue weighted by atomic mass is 16.4. The van der Waals surface area contributed by atoms with Crippen LogP contribution in [0.25, 0.3) is 0 Å². The molecule has 0 heterocycles. The Kier molecular flexibility index (Phi) is 5.87. The third kappa shape index (κ3) is 4.55. The maximum Gasteiger partial charge on any atom is 0.330 e. The first-order valence-electron chi connectivity index (χ1n) is 5.87. The van der Waals surface area contributed by atoms with E-state index in [1.165, 1.54) is 0 Å². The van der Waals surface area contributed by atoms with E-state index < -0.39 is 12.0 Å². The minimum atomic E-state index is -1.05. The molecule has 1 aromatic rings. The average molecular weight is 250 g/mol. The fourth-order valence-electron chi connectivity index (χ4n) is 1.59. The predicted octanol–water partition coefficient (Wildman–Crippen LogP) is 0.928. The second-order valence-electron chi connectivity index (χ2n) is 3.96. The third-order valence-corrected chi connectivity index (χ3v) is 2.52. The van der Waals surface area contributed by atoms with Gasteiger partial charge in [-0.1, -0.05) is 30.3 Å². The van der Waals surface area contributed by atoms with Gasteiger partial charge < -0.3 is 15.7 Å². The summed E-state index contributed by atoms with van der Waals surface area (Å²) in [6, 6.07) is 7.70. The summed E-state index contributed by atoms with van der Waals surface area (Å²) in [4.78, 5) is 22.7. The molecule has 5 nitrogen and oxygen atoms in total. The SMILES string of the molecule is CNCCCC(=O)N[C@H](C(=O)O)c1ccccc1. The molecular formula is C13H18N2O3. The van der Waals surface area contributed by atoms with Gasteiger partial charge in [0.25, 0.3) is 0 Å². The lowest BCUT2D eigenvalue weighted by Crippen LogP contribution is -2.33. The fourth-order valence-corrected chi connectivity index (χ4v) is 1.59. The lowest BCUT2D eigenvalue weighted by atomic mass is 10.1. The van der Waals surface area contributed by atoms with E-state index in [9.17, 15) is 9.59 Å². The van der Waals surface area contributed by atoms with E-state index in [1.54, 1.807) is 30.3 Å². The van der Waals surface area contributed by atoms with Crippen molar-refractivity contribution in [2.24, 2.45) is 0 Å². The summed E-state index contributed by atoms with van der Waals surface area (Å²) in [5.74, 6) is -1.30. The highest BCUT2D eigenvalue weighted by molar-refractivity contribution is 5.84. The fraction of sp³-hybridized carbons (Fsp3) is 0.385. The van der Waals surface area contributed by atoms with Crippen LogP contribution in [0.3, 0.4) is 0 Å². The molecule has 1 aromatic carbocycles. The Labute approximate surface area is 106 Å². The molecule has 0 aliphatic heterocycles. The largest absolute Gasteiger partial charge is 0.479 e. The molecule has 3 N–H and O–H groups in total. The quantitative estimate of drug-likeness (QED) is 0.629. The number of benzene rings is 1. The van der Waals surface area contributed by atoms with Crippen LogP contribution in [0, 0.1) is 0 Å². The van der Waals surface area contributed by atoms with Crippen molar-refractivity contribution < 1.29 is 14.7 Å². The van der Waals surface area contributed by atoms with Crippen molar-refractivity contribution in [3.8, 4) is 0 Å². The Bertz CT molecular complexity index is 392. The summed E-state index contributed by atoms with van der Waals surface area (Å²) in [6.45, 7) is 0.733. The van der Waals surface area contributed by atoms with Crippen LogP contribution < -0.4 is 10.6 Å². The van der Waals surface area contributed by atoms with Crippen LogP contribution in [0.2, 0.25) is 0 Å². The Morgan fingerprint density at radius 3 is 2.50 bits per heavy atom. The number of aliphatic carboxylic acids is 1. The van der Waals surface area contributed by atoms with Gasteiger partial charge in [-0.2, -0.15) is 0 Å². The van der Waals surface area contributed by atoms with E-state index in [2.05, 4.69) is 10.6 Å². The van der Waals surface area contributed by atoms with Crippen molar-refractivity contribution in [2.75, 3.05) is 13.6 Å². The van der Waals surface area contributed by atoms with Crippen molar-refractivity contribution in [3.63, 3.8) is 0 Å². The Morgan fingerprint density at radius 1 is 1.28 bits per heavy atom. The van der Waals surface area contributed by atoms with Crippen molar-refractivity contribution in [1.29, 1.82) is 0 Å². The molecule has 0 unspecified atom stereocenters.